The van der Waals surface area contributed by atoms with E-state index in [9.17, 15) is 18.3 Å². The Labute approximate surface area is 125 Å². The summed E-state index contributed by atoms with van der Waals surface area (Å²) in [5.74, 6) is 0. The van der Waals surface area contributed by atoms with Crippen LogP contribution in [-0.4, -0.2) is 27.8 Å². The largest absolute Gasteiger partial charge is 0.416 e. The molecule has 4 nitrogen and oxygen atoms in total. The smallest absolute Gasteiger partial charge is 0.392 e. The number of hydrogen-bond donors (Lipinski definition) is 1. The molecule has 0 aliphatic carbocycles. The van der Waals surface area contributed by atoms with Crippen LogP contribution in [0.5, 0.6) is 0 Å². The number of alkyl halides is 3. The molecule has 2 heterocycles. The molecule has 1 aliphatic rings. The van der Waals surface area contributed by atoms with Crippen molar-refractivity contribution in [2.24, 2.45) is 0 Å². The van der Waals surface area contributed by atoms with Gasteiger partial charge in [-0.15, -0.1) is 0 Å². The number of nitrogens with zero attached hydrogens (tertiary/aromatic N) is 2. The number of halogens is 3. The zero-order chi connectivity index (χ0) is 15.7. The second-order valence-corrected chi connectivity index (χ2v) is 5.41. The van der Waals surface area contributed by atoms with Gasteiger partial charge in [-0.25, -0.2) is 0 Å². The maximum Gasteiger partial charge on any atom is 0.416 e. The van der Waals surface area contributed by atoms with E-state index in [2.05, 4.69) is 5.16 Å². The van der Waals surface area contributed by atoms with Crippen LogP contribution in [-0.2, 0) is 12.7 Å². The number of aliphatic hydroxyl groups is 1. The van der Waals surface area contributed by atoms with Crippen LogP contribution in [0.3, 0.4) is 0 Å². The van der Waals surface area contributed by atoms with Crippen molar-refractivity contribution in [3.63, 3.8) is 0 Å². The molecule has 1 saturated heterocycles. The highest BCUT2D eigenvalue weighted by Gasteiger charge is 2.39. The van der Waals surface area contributed by atoms with E-state index in [0.29, 0.717) is 18.8 Å². The number of likely N-dealkylation sites (tertiary alicyclic amines) is 1. The molecule has 0 unspecified atom stereocenters. The van der Waals surface area contributed by atoms with Crippen LogP contribution in [0.25, 0.3) is 0 Å². The van der Waals surface area contributed by atoms with Crippen molar-refractivity contribution in [3.8, 4) is 0 Å². The number of aliphatic hydroxyl groups excluding tert-OH is 1. The van der Waals surface area contributed by atoms with Crippen LogP contribution in [0, 0.1) is 0 Å². The zero-order valence-electron chi connectivity index (χ0n) is 11.6. The van der Waals surface area contributed by atoms with Crippen LogP contribution < -0.4 is 0 Å². The molecule has 0 spiro atoms. The second-order valence-electron chi connectivity index (χ2n) is 5.41. The molecular formula is C15H15F3N2O2. The lowest BCUT2D eigenvalue weighted by Gasteiger charge is -2.26. The van der Waals surface area contributed by atoms with Gasteiger partial charge in [-0.05, 0) is 18.1 Å². The summed E-state index contributed by atoms with van der Waals surface area (Å²) in [6.45, 7) is 0.647. The Morgan fingerprint density at radius 3 is 2.73 bits per heavy atom. The van der Waals surface area contributed by atoms with Gasteiger partial charge >= 0.3 is 6.18 Å². The molecule has 3 rings (SSSR count). The molecule has 1 aromatic heterocycles. The average molecular weight is 312 g/mol. The molecular weight excluding hydrogens is 297 g/mol. The van der Waals surface area contributed by atoms with Crippen molar-refractivity contribution >= 4 is 0 Å². The highest BCUT2D eigenvalue weighted by molar-refractivity contribution is 5.33. The van der Waals surface area contributed by atoms with Crippen LogP contribution in [0.4, 0.5) is 13.2 Å². The SMILES string of the molecule is O[C@H]1C[C@@H](c2ccccc2C(F)(F)F)N(Cc2ccon2)C1. The Balaban J connectivity index is 1.92. The highest BCUT2D eigenvalue weighted by Crippen LogP contribution is 2.40. The highest BCUT2D eigenvalue weighted by atomic mass is 19.4. The molecule has 1 aromatic carbocycles. The van der Waals surface area contributed by atoms with E-state index in [0.717, 1.165) is 6.07 Å². The van der Waals surface area contributed by atoms with Crippen LogP contribution in [0.2, 0.25) is 0 Å². The number of aromatic nitrogens is 1. The van der Waals surface area contributed by atoms with Gasteiger partial charge in [0.05, 0.1) is 17.4 Å². The van der Waals surface area contributed by atoms with Crippen LogP contribution in [0.1, 0.15) is 29.3 Å². The minimum absolute atomic E-state index is 0.190. The molecule has 1 aliphatic heterocycles. The fourth-order valence-corrected chi connectivity index (χ4v) is 2.95. The van der Waals surface area contributed by atoms with Crippen molar-refractivity contribution in [2.45, 2.75) is 31.3 Å². The van der Waals surface area contributed by atoms with Crippen molar-refractivity contribution in [1.82, 2.24) is 10.1 Å². The number of benzene rings is 1. The van der Waals surface area contributed by atoms with Gasteiger partial charge in [0, 0.05) is 25.2 Å². The maximum absolute atomic E-state index is 13.2. The Morgan fingerprint density at radius 1 is 1.27 bits per heavy atom. The van der Waals surface area contributed by atoms with E-state index < -0.39 is 23.9 Å². The summed E-state index contributed by atoms with van der Waals surface area (Å²) in [5, 5.41) is 13.7. The normalized spacial score (nSPS) is 23.1. The summed E-state index contributed by atoms with van der Waals surface area (Å²) < 4.78 is 44.3. The van der Waals surface area contributed by atoms with Gasteiger partial charge in [-0.3, -0.25) is 4.90 Å². The summed E-state index contributed by atoms with van der Waals surface area (Å²) in [4.78, 5) is 1.80. The molecule has 0 saturated carbocycles. The molecule has 118 valence electrons. The Morgan fingerprint density at radius 2 is 2.05 bits per heavy atom. The van der Waals surface area contributed by atoms with Crippen LogP contribution in [0.15, 0.2) is 41.1 Å². The van der Waals surface area contributed by atoms with Crippen molar-refractivity contribution in [1.29, 1.82) is 0 Å². The topological polar surface area (TPSA) is 49.5 Å². The summed E-state index contributed by atoms with van der Waals surface area (Å²) in [7, 11) is 0. The standard InChI is InChI=1S/C15H15F3N2O2/c16-15(17,18)13-4-2-1-3-12(13)14-7-11(21)9-20(14)8-10-5-6-22-19-10/h1-6,11,14,21H,7-9H2/t11-,14-/m0/s1. The summed E-state index contributed by atoms with van der Waals surface area (Å²) >= 11 is 0. The van der Waals surface area contributed by atoms with Gasteiger partial charge in [0.1, 0.15) is 6.26 Å². The lowest BCUT2D eigenvalue weighted by Crippen LogP contribution is -2.26. The Bertz CT molecular complexity index is 628. The average Bonchev–Trinajstić information content (AvgIpc) is 3.08. The molecule has 7 heteroatoms. The van der Waals surface area contributed by atoms with E-state index in [1.54, 1.807) is 17.0 Å². The van der Waals surface area contributed by atoms with Gasteiger partial charge < -0.3 is 9.63 Å². The first-order chi connectivity index (χ1) is 10.4. The van der Waals surface area contributed by atoms with Crippen molar-refractivity contribution in [3.05, 3.63) is 53.4 Å². The fourth-order valence-electron chi connectivity index (χ4n) is 2.95. The number of rotatable bonds is 3. The monoisotopic (exact) mass is 312 g/mol. The minimum Gasteiger partial charge on any atom is -0.392 e. The third-order valence-corrected chi connectivity index (χ3v) is 3.86. The van der Waals surface area contributed by atoms with Gasteiger partial charge in [0.2, 0.25) is 0 Å². The quantitative estimate of drug-likeness (QED) is 0.946. The molecule has 2 aromatic rings. The molecule has 0 amide bonds. The summed E-state index contributed by atoms with van der Waals surface area (Å²) in [6.07, 6.45) is -3.38. The predicted octanol–water partition coefficient (Wildman–Crippen LogP) is 3.00. The zero-order valence-corrected chi connectivity index (χ0v) is 11.6. The lowest BCUT2D eigenvalue weighted by molar-refractivity contribution is -0.138. The fraction of sp³-hybridized carbons (Fsp3) is 0.400. The third kappa shape index (κ3) is 3.00. The van der Waals surface area contributed by atoms with Gasteiger partial charge in [0.25, 0.3) is 0 Å². The van der Waals surface area contributed by atoms with E-state index in [1.807, 2.05) is 0 Å². The molecule has 0 bridgehead atoms. The van der Waals surface area contributed by atoms with Gasteiger partial charge in [-0.1, -0.05) is 23.4 Å². The van der Waals surface area contributed by atoms with Gasteiger partial charge in [-0.2, -0.15) is 13.2 Å². The first kappa shape index (κ1) is 15.1. The van der Waals surface area contributed by atoms with Crippen molar-refractivity contribution < 1.29 is 22.8 Å². The van der Waals surface area contributed by atoms with E-state index in [1.165, 1.54) is 18.4 Å². The molecule has 0 radical (unpaired) electrons. The summed E-state index contributed by atoms with van der Waals surface area (Å²) in [5.41, 5.74) is 0.165. The number of hydrogen-bond acceptors (Lipinski definition) is 4. The number of β-amino-alcohol motifs (C(OH)–C–C–N with tert-alkyl or cyclic N) is 1. The van der Waals surface area contributed by atoms with Gasteiger partial charge in [0.15, 0.2) is 0 Å². The Hall–Kier alpha value is -1.86. The second kappa shape index (κ2) is 5.73. The third-order valence-electron chi connectivity index (χ3n) is 3.86. The summed E-state index contributed by atoms with van der Waals surface area (Å²) in [6, 6.07) is 6.68. The molecule has 1 fully saturated rings. The molecule has 2 atom stereocenters. The Kier molecular flexibility index (Phi) is 3.92. The molecule has 1 N–H and O–H groups in total. The maximum atomic E-state index is 13.2. The van der Waals surface area contributed by atoms with E-state index >= 15 is 0 Å². The van der Waals surface area contributed by atoms with Crippen molar-refractivity contribution in [2.75, 3.05) is 6.54 Å². The first-order valence-electron chi connectivity index (χ1n) is 6.92. The molecule has 22 heavy (non-hydrogen) atoms. The van der Waals surface area contributed by atoms with E-state index in [4.69, 9.17) is 4.52 Å². The van der Waals surface area contributed by atoms with E-state index in [-0.39, 0.29) is 12.0 Å². The lowest BCUT2D eigenvalue weighted by atomic mass is 9.97. The minimum atomic E-state index is -4.41. The van der Waals surface area contributed by atoms with Crippen LogP contribution >= 0.6 is 0 Å². The first-order valence-corrected chi connectivity index (χ1v) is 6.92. The predicted molar refractivity (Wildman–Crippen MR) is 71.7 cm³/mol.